The second-order valence-electron chi connectivity index (χ2n) is 5.33. The van der Waals surface area contributed by atoms with Gasteiger partial charge < -0.3 is 20.5 Å². The molecule has 18 heavy (non-hydrogen) atoms. The van der Waals surface area contributed by atoms with Crippen LogP contribution in [0, 0.1) is 5.92 Å². The van der Waals surface area contributed by atoms with Crippen LogP contribution in [0.4, 0.5) is 0 Å². The molecule has 1 aliphatic carbocycles. The lowest BCUT2D eigenvalue weighted by molar-refractivity contribution is -0.126. The highest BCUT2D eigenvalue weighted by Crippen LogP contribution is 2.20. The first-order chi connectivity index (χ1) is 8.70. The van der Waals surface area contributed by atoms with Crippen LogP contribution in [-0.2, 0) is 9.53 Å². The molecule has 2 aliphatic rings. The molecule has 0 aromatic carbocycles. The average molecular weight is 256 g/mol. The van der Waals surface area contributed by atoms with E-state index in [1.165, 1.54) is 0 Å². The molecule has 1 saturated carbocycles. The standard InChI is InChI=1S/C13H24N2O3/c1-2-14-12-8-18-7-11(12)13(17)15-9-4-3-5-10(16)6-9/h9-12,14,16H,2-8H2,1H3,(H,15,17). The van der Waals surface area contributed by atoms with Crippen LogP contribution in [0.25, 0.3) is 0 Å². The molecule has 3 N–H and O–H groups in total. The first-order valence-corrected chi connectivity index (χ1v) is 7.00. The van der Waals surface area contributed by atoms with Crippen molar-refractivity contribution in [1.82, 2.24) is 10.6 Å². The maximum Gasteiger partial charge on any atom is 0.227 e. The number of ether oxygens (including phenoxy) is 1. The zero-order valence-corrected chi connectivity index (χ0v) is 11.0. The number of aliphatic hydroxyl groups excluding tert-OH is 1. The summed E-state index contributed by atoms with van der Waals surface area (Å²) in [5.74, 6) is -0.0263. The van der Waals surface area contributed by atoms with E-state index >= 15 is 0 Å². The number of rotatable bonds is 4. The number of carbonyl (C=O) groups is 1. The van der Waals surface area contributed by atoms with Crippen molar-refractivity contribution in [2.24, 2.45) is 5.92 Å². The zero-order valence-electron chi connectivity index (χ0n) is 11.0. The smallest absolute Gasteiger partial charge is 0.227 e. The molecule has 1 amide bonds. The highest BCUT2D eigenvalue weighted by atomic mass is 16.5. The second-order valence-corrected chi connectivity index (χ2v) is 5.33. The van der Waals surface area contributed by atoms with E-state index in [4.69, 9.17) is 4.74 Å². The summed E-state index contributed by atoms with van der Waals surface area (Å²) in [4.78, 5) is 12.2. The van der Waals surface area contributed by atoms with Crippen LogP contribution in [0.3, 0.4) is 0 Å². The lowest BCUT2D eigenvalue weighted by Gasteiger charge is -2.28. The van der Waals surface area contributed by atoms with E-state index in [0.717, 1.165) is 25.8 Å². The predicted molar refractivity (Wildman–Crippen MR) is 68.2 cm³/mol. The van der Waals surface area contributed by atoms with Gasteiger partial charge in [-0.25, -0.2) is 0 Å². The van der Waals surface area contributed by atoms with Gasteiger partial charge in [0.05, 0.1) is 25.2 Å². The maximum atomic E-state index is 12.2. The van der Waals surface area contributed by atoms with Crippen LogP contribution in [0.2, 0.25) is 0 Å². The fourth-order valence-corrected chi connectivity index (χ4v) is 2.88. The van der Waals surface area contributed by atoms with Gasteiger partial charge in [0.25, 0.3) is 0 Å². The van der Waals surface area contributed by atoms with Gasteiger partial charge in [-0.1, -0.05) is 6.92 Å². The van der Waals surface area contributed by atoms with E-state index in [1.54, 1.807) is 0 Å². The molecule has 0 spiro atoms. The summed E-state index contributed by atoms with van der Waals surface area (Å²) < 4.78 is 5.38. The third-order valence-corrected chi connectivity index (χ3v) is 3.88. The number of likely N-dealkylation sites (N-methyl/N-ethyl adjacent to an activating group) is 1. The van der Waals surface area contributed by atoms with Crippen molar-refractivity contribution < 1.29 is 14.6 Å². The number of amides is 1. The van der Waals surface area contributed by atoms with E-state index in [2.05, 4.69) is 10.6 Å². The first kappa shape index (κ1) is 13.8. The SMILES string of the molecule is CCNC1COCC1C(=O)NC1CCCC(O)C1. The van der Waals surface area contributed by atoms with Crippen molar-refractivity contribution in [3.63, 3.8) is 0 Å². The van der Waals surface area contributed by atoms with Gasteiger partial charge in [-0.3, -0.25) is 4.79 Å². The normalized spacial score (nSPS) is 36.6. The Labute approximate surface area is 108 Å². The van der Waals surface area contributed by atoms with Gasteiger partial charge in [0.2, 0.25) is 5.91 Å². The molecule has 2 rings (SSSR count). The van der Waals surface area contributed by atoms with Gasteiger partial charge in [0.15, 0.2) is 0 Å². The molecule has 2 fully saturated rings. The number of hydrogen-bond donors (Lipinski definition) is 3. The van der Waals surface area contributed by atoms with Gasteiger partial charge in [-0.05, 0) is 32.2 Å². The van der Waals surface area contributed by atoms with Crippen LogP contribution < -0.4 is 10.6 Å². The summed E-state index contributed by atoms with van der Waals surface area (Å²) >= 11 is 0. The van der Waals surface area contributed by atoms with E-state index in [-0.39, 0.29) is 30.0 Å². The summed E-state index contributed by atoms with van der Waals surface area (Å²) in [6, 6.07) is 0.257. The van der Waals surface area contributed by atoms with E-state index in [9.17, 15) is 9.90 Å². The molecule has 4 atom stereocenters. The molecule has 5 nitrogen and oxygen atoms in total. The summed E-state index contributed by atoms with van der Waals surface area (Å²) in [7, 11) is 0. The van der Waals surface area contributed by atoms with Gasteiger partial charge in [0, 0.05) is 12.1 Å². The summed E-state index contributed by atoms with van der Waals surface area (Å²) in [6.07, 6.45) is 3.25. The molecule has 5 heteroatoms. The third-order valence-electron chi connectivity index (χ3n) is 3.88. The predicted octanol–water partition coefficient (Wildman–Crippen LogP) is 0.0306. The molecule has 0 radical (unpaired) electrons. The minimum atomic E-state index is -0.256. The molecule has 0 aromatic heterocycles. The Bertz CT molecular complexity index is 285. The quantitative estimate of drug-likeness (QED) is 0.664. The molecule has 1 heterocycles. The van der Waals surface area contributed by atoms with Crippen molar-refractivity contribution in [2.45, 2.75) is 50.8 Å². The Hall–Kier alpha value is -0.650. The van der Waals surface area contributed by atoms with Gasteiger partial charge in [-0.2, -0.15) is 0 Å². The number of aliphatic hydroxyl groups is 1. The number of nitrogens with one attached hydrogen (secondary N) is 2. The van der Waals surface area contributed by atoms with Crippen LogP contribution in [0.15, 0.2) is 0 Å². The second kappa shape index (κ2) is 6.50. The van der Waals surface area contributed by atoms with Gasteiger partial charge in [-0.15, -0.1) is 0 Å². The molecular weight excluding hydrogens is 232 g/mol. The van der Waals surface area contributed by atoms with Crippen LogP contribution in [0.5, 0.6) is 0 Å². The molecular formula is C13H24N2O3. The topological polar surface area (TPSA) is 70.6 Å². The Morgan fingerprint density at radius 2 is 2.22 bits per heavy atom. The van der Waals surface area contributed by atoms with Gasteiger partial charge in [0.1, 0.15) is 0 Å². The Kier molecular flexibility index (Phi) is 4.97. The largest absolute Gasteiger partial charge is 0.393 e. The molecule has 104 valence electrons. The van der Waals surface area contributed by atoms with Crippen molar-refractivity contribution in [1.29, 1.82) is 0 Å². The van der Waals surface area contributed by atoms with Crippen molar-refractivity contribution in [3.8, 4) is 0 Å². The highest BCUT2D eigenvalue weighted by molar-refractivity contribution is 5.80. The number of hydrogen-bond acceptors (Lipinski definition) is 4. The Morgan fingerprint density at radius 1 is 1.39 bits per heavy atom. The molecule has 1 saturated heterocycles. The highest BCUT2D eigenvalue weighted by Gasteiger charge is 2.34. The Balaban J connectivity index is 1.83. The molecule has 0 aromatic rings. The monoisotopic (exact) mass is 256 g/mol. The van der Waals surface area contributed by atoms with Crippen LogP contribution >= 0.6 is 0 Å². The molecule has 0 bridgehead atoms. The van der Waals surface area contributed by atoms with Crippen LogP contribution in [-0.4, -0.2) is 49.0 Å². The summed E-state index contributed by atoms with van der Waals surface area (Å²) in [6.45, 7) is 3.99. The lowest BCUT2D eigenvalue weighted by Crippen LogP contribution is -2.48. The van der Waals surface area contributed by atoms with E-state index in [1.807, 2.05) is 6.92 Å². The van der Waals surface area contributed by atoms with E-state index in [0.29, 0.717) is 19.6 Å². The van der Waals surface area contributed by atoms with Crippen molar-refractivity contribution in [2.75, 3.05) is 19.8 Å². The summed E-state index contributed by atoms with van der Waals surface area (Å²) in [5, 5.41) is 16.0. The van der Waals surface area contributed by atoms with Crippen molar-refractivity contribution >= 4 is 5.91 Å². The molecule has 1 aliphatic heterocycles. The fourth-order valence-electron chi connectivity index (χ4n) is 2.88. The Morgan fingerprint density at radius 3 is 2.94 bits per heavy atom. The maximum absolute atomic E-state index is 12.2. The first-order valence-electron chi connectivity index (χ1n) is 7.00. The fraction of sp³-hybridized carbons (Fsp3) is 0.923. The average Bonchev–Trinajstić information content (AvgIpc) is 2.78. The number of carbonyl (C=O) groups excluding carboxylic acids is 1. The summed E-state index contributed by atoms with van der Waals surface area (Å²) in [5.41, 5.74) is 0. The minimum Gasteiger partial charge on any atom is -0.393 e. The van der Waals surface area contributed by atoms with E-state index < -0.39 is 0 Å². The van der Waals surface area contributed by atoms with Gasteiger partial charge >= 0.3 is 0 Å². The van der Waals surface area contributed by atoms with Crippen molar-refractivity contribution in [3.05, 3.63) is 0 Å². The molecule has 4 unspecified atom stereocenters. The third kappa shape index (κ3) is 3.43. The zero-order chi connectivity index (χ0) is 13.0. The van der Waals surface area contributed by atoms with Crippen LogP contribution in [0.1, 0.15) is 32.6 Å². The minimum absolute atomic E-state index is 0.0672. The lowest BCUT2D eigenvalue weighted by atomic mass is 9.92.